The van der Waals surface area contributed by atoms with Gasteiger partial charge in [0.1, 0.15) is 0 Å². The van der Waals surface area contributed by atoms with Gasteiger partial charge in [0.2, 0.25) is 0 Å². The molecular weight excluding hydrogens is 491 g/mol. The molecule has 2 rings (SSSR count). The van der Waals surface area contributed by atoms with Crippen LogP contribution in [0.25, 0.3) is 0 Å². The van der Waals surface area contributed by atoms with E-state index in [4.69, 9.17) is 4.74 Å². The highest BCUT2D eigenvalue weighted by atomic mass is 127. The zero-order chi connectivity index (χ0) is 19.8. The smallest absolute Gasteiger partial charge is 0.191 e. The third-order valence-electron chi connectivity index (χ3n) is 5.97. The van der Waals surface area contributed by atoms with E-state index < -0.39 is 14.6 Å². The summed E-state index contributed by atoms with van der Waals surface area (Å²) >= 11 is 0. The van der Waals surface area contributed by atoms with Crippen LogP contribution in [0.2, 0.25) is 0 Å². The van der Waals surface area contributed by atoms with Crippen molar-refractivity contribution >= 4 is 39.8 Å². The van der Waals surface area contributed by atoms with Gasteiger partial charge in [-0.15, -0.1) is 24.0 Å². The van der Waals surface area contributed by atoms with Crippen LogP contribution in [0, 0.1) is 0 Å². The monoisotopic (exact) mass is 530 g/mol. The lowest BCUT2D eigenvalue weighted by Crippen LogP contribution is -2.48. The first-order chi connectivity index (χ1) is 12.9. The van der Waals surface area contributed by atoms with E-state index in [0.717, 1.165) is 19.6 Å². The summed E-state index contributed by atoms with van der Waals surface area (Å²) in [4.78, 5) is 7.20. The Kier molecular flexibility index (Phi) is 11.6. The predicted octanol–water partition coefficient (Wildman–Crippen LogP) is 2.02. The van der Waals surface area contributed by atoms with Gasteiger partial charge in [-0.25, -0.2) is 8.42 Å². The van der Waals surface area contributed by atoms with Crippen LogP contribution in [0.1, 0.15) is 52.4 Å². The molecule has 1 unspecified atom stereocenters. The van der Waals surface area contributed by atoms with Crippen molar-refractivity contribution in [1.29, 1.82) is 0 Å². The van der Waals surface area contributed by atoms with E-state index in [9.17, 15) is 8.42 Å². The first-order valence-electron chi connectivity index (χ1n) is 10.5. The van der Waals surface area contributed by atoms with Gasteiger partial charge in [0.25, 0.3) is 0 Å². The fourth-order valence-electron chi connectivity index (χ4n) is 4.09. The minimum Gasteiger partial charge on any atom is -0.381 e. The SMILES string of the molecule is CCNC(=NCC1(S(C)(=O)=O)CCOCC1)NCCN1CCCCC1CC.I. The summed E-state index contributed by atoms with van der Waals surface area (Å²) in [5, 5.41) is 6.64. The maximum Gasteiger partial charge on any atom is 0.191 e. The normalized spacial score (nSPS) is 23.7. The van der Waals surface area contributed by atoms with E-state index in [1.165, 1.54) is 38.5 Å². The Hall–Kier alpha value is -0.130. The van der Waals surface area contributed by atoms with Gasteiger partial charge in [-0.2, -0.15) is 0 Å². The molecule has 2 saturated heterocycles. The quantitative estimate of drug-likeness (QED) is 0.284. The standard InChI is InChI=1S/C19H38N4O3S.HI/c1-4-17-8-6-7-12-23(17)13-11-21-18(20-5-2)22-16-19(27(3,24)25)9-14-26-15-10-19;/h17H,4-16H2,1-3H3,(H2,20,21,22);1H. The van der Waals surface area contributed by atoms with Crippen molar-refractivity contribution in [3.8, 4) is 0 Å². The summed E-state index contributed by atoms with van der Waals surface area (Å²) in [5.74, 6) is 0.706. The van der Waals surface area contributed by atoms with E-state index in [0.29, 0.717) is 38.1 Å². The van der Waals surface area contributed by atoms with Gasteiger partial charge < -0.3 is 15.4 Å². The second-order valence-electron chi connectivity index (χ2n) is 7.78. The molecule has 0 saturated carbocycles. The van der Waals surface area contributed by atoms with Crippen molar-refractivity contribution in [1.82, 2.24) is 15.5 Å². The average Bonchev–Trinajstić information content (AvgIpc) is 2.66. The van der Waals surface area contributed by atoms with Crippen molar-refractivity contribution in [2.75, 3.05) is 52.2 Å². The molecule has 0 aliphatic carbocycles. The maximum atomic E-state index is 12.4. The van der Waals surface area contributed by atoms with Crippen LogP contribution in [-0.2, 0) is 14.6 Å². The number of ether oxygens (including phenoxy) is 1. The molecule has 0 radical (unpaired) electrons. The van der Waals surface area contributed by atoms with Crippen LogP contribution in [0.5, 0.6) is 0 Å². The Labute approximate surface area is 188 Å². The number of hydrogen-bond acceptors (Lipinski definition) is 5. The number of sulfone groups is 1. The van der Waals surface area contributed by atoms with Gasteiger partial charge in [-0.1, -0.05) is 13.3 Å². The fourth-order valence-corrected chi connectivity index (χ4v) is 5.30. The highest BCUT2D eigenvalue weighted by molar-refractivity contribution is 14.0. The Balaban J connectivity index is 0.00000392. The van der Waals surface area contributed by atoms with Crippen molar-refractivity contribution in [2.45, 2.75) is 63.2 Å². The summed E-state index contributed by atoms with van der Waals surface area (Å²) in [6.07, 6.45) is 7.47. The largest absolute Gasteiger partial charge is 0.381 e. The molecule has 166 valence electrons. The molecule has 0 amide bonds. The van der Waals surface area contributed by atoms with Crippen LogP contribution in [0.15, 0.2) is 4.99 Å². The molecular formula is C19H39IN4O3S. The summed E-state index contributed by atoms with van der Waals surface area (Å²) in [7, 11) is -3.20. The highest BCUT2D eigenvalue weighted by Gasteiger charge is 2.42. The zero-order valence-corrected chi connectivity index (χ0v) is 20.9. The molecule has 0 bridgehead atoms. The maximum absolute atomic E-state index is 12.4. The minimum absolute atomic E-state index is 0. The lowest BCUT2D eigenvalue weighted by Gasteiger charge is -2.35. The Morgan fingerprint density at radius 2 is 1.93 bits per heavy atom. The first-order valence-corrected chi connectivity index (χ1v) is 12.3. The van der Waals surface area contributed by atoms with Crippen LogP contribution in [0.3, 0.4) is 0 Å². The summed E-state index contributed by atoms with van der Waals surface area (Å²) in [6.45, 7) is 9.28. The molecule has 7 nitrogen and oxygen atoms in total. The number of piperidine rings is 1. The van der Waals surface area contributed by atoms with Crippen molar-refractivity contribution in [3.05, 3.63) is 0 Å². The molecule has 0 aromatic rings. The molecule has 9 heteroatoms. The van der Waals surface area contributed by atoms with Gasteiger partial charge in [-0.3, -0.25) is 9.89 Å². The number of rotatable bonds is 8. The van der Waals surface area contributed by atoms with Gasteiger partial charge >= 0.3 is 0 Å². The number of guanidine groups is 1. The third-order valence-corrected chi connectivity index (χ3v) is 8.08. The number of halogens is 1. The number of nitrogens with zero attached hydrogens (tertiary/aromatic N) is 2. The molecule has 0 aromatic heterocycles. The van der Waals surface area contributed by atoms with Crippen molar-refractivity contribution in [2.24, 2.45) is 4.99 Å². The zero-order valence-electron chi connectivity index (χ0n) is 17.7. The fraction of sp³-hybridized carbons (Fsp3) is 0.947. The van der Waals surface area contributed by atoms with E-state index in [1.54, 1.807) is 0 Å². The second kappa shape index (κ2) is 12.5. The molecule has 2 heterocycles. The van der Waals surface area contributed by atoms with E-state index >= 15 is 0 Å². The lowest BCUT2D eigenvalue weighted by atomic mass is 9.99. The van der Waals surface area contributed by atoms with Gasteiger partial charge in [0.15, 0.2) is 15.8 Å². The molecule has 2 N–H and O–H groups in total. The van der Waals surface area contributed by atoms with Crippen LogP contribution in [-0.4, -0.2) is 82.3 Å². The molecule has 2 fully saturated rings. The number of likely N-dealkylation sites (tertiary alicyclic amines) is 1. The second-order valence-corrected chi connectivity index (χ2v) is 10.2. The number of hydrogen-bond donors (Lipinski definition) is 2. The molecule has 2 aliphatic heterocycles. The van der Waals surface area contributed by atoms with Crippen LogP contribution in [0.4, 0.5) is 0 Å². The Morgan fingerprint density at radius 1 is 1.21 bits per heavy atom. The third kappa shape index (κ3) is 7.28. The number of aliphatic imine (C=N–C) groups is 1. The van der Waals surface area contributed by atoms with E-state index in [2.05, 4.69) is 27.4 Å². The van der Waals surface area contributed by atoms with Gasteiger partial charge in [0.05, 0.1) is 11.3 Å². The summed E-state index contributed by atoms with van der Waals surface area (Å²) < 4.78 is 29.4. The molecule has 0 aromatic carbocycles. The van der Waals surface area contributed by atoms with Crippen LogP contribution < -0.4 is 10.6 Å². The van der Waals surface area contributed by atoms with E-state index in [1.807, 2.05) is 6.92 Å². The summed E-state index contributed by atoms with van der Waals surface area (Å²) in [6, 6.07) is 0.691. The Bertz CT molecular complexity index is 580. The van der Waals surface area contributed by atoms with E-state index in [-0.39, 0.29) is 30.5 Å². The minimum atomic E-state index is -3.20. The Morgan fingerprint density at radius 3 is 2.54 bits per heavy atom. The highest BCUT2D eigenvalue weighted by Crippen LogP contribution is 2.29. The summed E-state index contributed by atoms with van der Waals surface area (Å²) in [5.41, 5.74) is 0. The van der Waals surface area contributed by atoms with Crippen molar-refractivity contribution in [3.63, 3.8) is 0 Å². The molecule has 28 heavy (non-hydrogen) atoms. The van der Waals surface area contributed by atoms with Crippen molar-refractivity contribution < 1.29 is 13.2 Å². The average molecular weight is 531 g/mol. The first kappa shape index (κ1) is 25.9. The number of nitrogens with one attached hydrogen (secondary N) is 2. The molecule has 0 spiro atoms. The molecule has 1 atom stereocenters. The van der Waals surface area contributed by atoms with Gasteiger partial charge in [-0.05, 0) is 45.6 Å². The predicted molar refractivity (Wildman–Crippen MR) is 127 cm³/mol. The molecule has 2 aliphatic rings. The van der Waals surface area contributed by atoms with Crippen LogP contribution >= 0.6 is 24.0 Å². The van der Waals surface area contributed by atoms with Gasteiger partial charge in [0, 0.05) is 45.1 Å². The topological polar surface area (TPSA) is 83.0 Å². The lowest BCUT2D eigenvalue weighted by molar-refractivity contribution is 0.0768.